The summed E-state index contributed by atoms with van der Waals surface area (Å²) in [5, 5.41) is 16.8. The van der Waals surface area contributed by atoms with Gasteiger partial charge in [0.1, 0.15) is 17.7 Å². The lowest BCUT2D eigenvalue weighted by Crippen LogP contribution is -1.75. The van der Waals surface area contributed by atoms with E-state index in [4.69, 9.17) is 10.5 Å². The Morgan fingerprint density at radius 1 is 1.45 bits per heavy atom. The molecule has 0 N–H and O–H groups in total. The monoisotopic (exact) mass is 142 g/mol. The van der Waals surface area contributed by atoms with Crippen LogP contribution in [0.4, 0.5) is 0 Å². The molecule has 0 aromatic rings. The number of hydrogen-bond acceptors (Lipinski definition) is 2. The van der Waals surface area contributed by atoms with Crippen LogP contribution in [0, 0.1) is 22.7 Å². The van der Waals surface area contributed by atoms with Gasteiger partial charge in [-0.05, 0) is 18.1 Å². The zero-order chi connectivity index (χ0) is 8.10. The second kappa shape index (κ2) is 3.39. The molecule has 0 bridgehead atoms. The first-order chi connectivity index (χ1) is 5.36. The average Bonchev–Trinajstić information content (AvgIpc) is 2.52. The molecule has 0 aromatic heterocycles. The van der Waals surface area contributed by atoms with Crippen molar-refractivity contribution in [3.63, 3.8) is 0 Å². The molecule has 2 nitrogen and oxygen atoms in total. The van der Waals surface area contributed by atoms with Gasteiger partial charge in [-0.15, -0.1) is 0 Å². The quantitative estimate of drug-likeness (QED) is 0.524. The van der Waals surface area contributed by atoms with Gasteiger partial charge in [0, 0.05) is 0 Å². The molecule has 11 heavy (non-hydrogen) atoms. The lowest BCUT2D eigenvalue weighted by Gasteiger charge is -1.87. The summed E-state index contributed by atoms with van der Waals surface area (Å²) >= 11 is 0. The molecule has 1 aliphatic carbocycles. The maximum Gasteiger partial charge on any atom is 0.129 e. The number of nitriles is 2. The molecule has 0 aromatic carbocycles. The van der Waals surface area contributed by atoms with Crippen LogP contribution >= 0.6 is 0 Å². The Morgan fingerprint density at radius 2 is 2.18 bits per heavy atom. The Bertz CT molecular complexity index is 302. The molecule has 0 radical (unpaired) electrons. The Labute approximate surface area is 65.4 Å². The normalized spacial score (nSPS) is 13.1. The van der Waals surface area contributed by atoms with E-state index in [1.54, 1.807) is 6.08 Å². The molecular formula is C9H6N2. The highest BCUT2D eigenvalue weighted by Crippen LogP contribution is 2.12. The van der Waals surface area contributed by atoms with E-state index < -0.39 is 0 Å². The second-order valence-corrected chi connectivity index (χ2v) is 2.16. The summed E-state index contributed by atoms with van der Waals surface area (Å²) in [4.78, 5) is 0. The van der Waals surface area contributed by atoms with Crippen LogP contribution in [-0.2, 0) is 0 Å². The molecular weight excluding hydrogens is 136 g/mol. The third-order valence-corrected chi connectivity index (χ3v) is 1.37. The topological polar surface area (TPSA) is 47.6 Å². The van der Waals surface area contributed by atoms with E-state index in [0.717, 1.165) is 12.0 Å². The number of allylic oxidation sites excluding steroid dienone is 6. The third kappa shape index (κ3) is 1.81. The van der Waals surface area contributed by atoms with E-state index in [9.17, 15) is 0 Å². The van der Waals surface area contributed by atoms with Gasteiger partial charge in [-0.3, -0.25) is 0 Å². The Morgan fingerprint density at radius 3 is 2.64 bits per heavy atom. The molecule has 0 saturated carbocycles. The van der Waals surface area contributed by atoms with Crippen molar-refractivity contribution in [1.29, 1.82) is 10.5 Å². The van der Waals surface area contributed by atoms with Crippen LogP contribution in [0.3, 0.4) is 0 Å². The molecule has 1 rings (SSSR count). The molecule has 0 atom stereocenters. The number of hydrogen-bond donors (Lipinski definition) is 0. The lowest BCUT2D eigenvalue weighted by atomic mass is 10.1. The Balaban J connectivity index is 2.75. The highest BCUT2D eigenvalue weighted by atomic mass is 14.3. The van der Waals surface area contributed by atoms with Gasteiger partial charge in [-0.2, -0.15) is 10.5 Å². The first-order valence-electron chi connectivity index (χ1n) is 3.24. The first kappa shape index (κ1) is 7.31. The van der Waals surface area contributed by atoms with Gasteiger partial charge < -0.3 is 0 Å². The summed E-state index contributed by atoms with van der Waals surface area (Å²) in [7, 11) is 0. The van der Waals surface area contributed by atoms with E-state index in [-0.39, 0.29) is 5.57 Å². The minimum Gasteiger partial charge on any atom is -0.192 e. The molecule has 0 saturated heterocycles. The van der Waals surface area contributed by atoms with Gasteiger partial charge in [-0.25, -0.2) is 0 Å². The highest BCUT2D eigenvalue weighted by molar-refractivity contribution is 5.44. The van der Waals surface area contributed by atoms with Crippen LogP contribution in [0.5, 0.6) is 0 Å². The number of nitrogens with zero attached hydrogens (tertiary/aromatic N) is 2. The summed E-state index contributed by atoms with van der Waals surface area (Å²) in [6, 6.07) is 3.62. The zero-order valence-electron chi connectivity index (χ0n) is 5.91. The molecule has 2 heteroatoms. The lowest BCUT2D eigenvalue weighted by molar-refractivity contribution is 1.32. The smallest absolute Gasteiger partial charge is 0.129 e. The van der Waals surface area contributed by atoms with Crippen LogP contribution in [0.25, 0.3) is 0 Å². The van der Waals surface area contributed by atoms with E-state index in [1.165, 1.54) is 0 Å². The molecule has 0 unspecified atom stereocenters. The fourth-order valence-corrected chi connectivity index (χ4v) is 0.846. The van der Waals surface area contributed by atoms with Gasteiger partial charge in [0.05, 0.1) is 0 Å². The maximum absolute atomic E-state index is 8.40. The van der Waals surface area contributed by atoms with E-state index in [2.05, 4.69) is 0 Å². The molecule has 1 aliphatic rings. The Hall–Kier alpha value is -1.80. The predicted octanol–water partition coefficient (Wildman–Crippen LogP) is 1.85. The zero-order valence-corrected chi connectivity index (χ0v) is 5.91. The summed E-state index contributed by atoms with van der Waals surface area (Å²) in [6.45, 7) is 0. The maximum atomic E-state index is 8.40. The van der Waals surface area contributed by atoms with Gasteiger partial charge in [0.15, 0.2) is 0 Å². The van der Waals surface area contributed by atoms with Gasteiger partial charge >= 0.3 is 0 Å². The van der Waals surface area contributed by atoms with Crippen molar-refractivity contribution in [2.45, 2.75) is 6.42 Å². The molecule has 52 valence electrons. The van der Waals surface area contributed by atoms with Crippen molar-refractivity contribution in [3.05, 3.63) is 35.5 Å². The summed E-state index contributed by atoms with van der Waals surface area (Å²) in [5.41, 5.74) is 1.18. The van der Waals surface area contributed by atoms with Crippen molar-refractivity contribution in [2.75, 3.05) is 0 Å². The Kier molecular flexibility index (Phi) is 2.25. The fourth-order valence-electron chi connectivity index (χ4n) is 0.846. The predicted molar refractivity (Wildman–Crippen MR) is 41.1 cm³/mol. The molecule has 0 aliphatic heterocycles. The summed E-state index contributed by atoms with van der Waals surface area (Å²) in [6.07, 6.45) is 8.23. The van der Waals surface area contributed by atoms with Crippen molar-refractivity contribution >= 4 is 0 Å². The SMILES string of the molecule is N#CC(C#N)=CC1=CC=CC1. The third-order valence-electron chi connectivity index (χ3n) is 1.37. The average molecular weight is 142 g/mol. The minimum absolute atomic E-state index is 0.167. The minimum atomic E-state index is 0.167. The van der Waals surface area contributed by atoms with E-state index in [1.807, 2.05) is 30.4 Å². The van der Waals surface area contributed by atoms with Crippen molar-refractivity contribution < 1.29 is 0 Å². The molecule has 0 amide bonds. The van der Waals surface area contributed by atoms with Crippen molar-refractivity contribution in [2.24, 2.45) is 0 Å². The second-order valence-electron chi connectivity index (χ2n) is 2.16. The molecule has 0 fully saturated rings. The van der Waals surface area contributed by atoms with E-state index >= 15 is 0 Å². The fraction of sp³-hybridized carbons (Fsp3) is 0.111. The van der Waals surface area contributed by atoms with Crippen LogP contribution in [0.1, 0.15) is 6.42 Å². The largest absolute Gasteiger partial charge is 0.192 e. The van der Waals surface area contributed by atoms with Crippen LogP contribution in [0.15, 0.2) is 35.5 Å². The van der Waals surface area contributed by atoms with Gasteiger partial charge in [0.2, 0.25) is 0 Å². The van der Waals surface area contributed by atoms with E-state index in [0.29, 0.717) is 0 Å². The molecule has 0 spiro atoms. The summed E-state index contributed by atoms with van der Waals surface area (Å²) < 4.78 is 0. The van der Waals surface area contributed by atoms with Crippen LogP contribution in [-0.4, -0.2) is 0 Å². The van der Waals surface area contributed by atoms with Gasteiger partial charge in [-0.1, -0.05) is 18.2 Å². The van der Waals surface area contributed by atoms with Crippen LogP contribution < -0.4 is 0 Å². The summed E-state index contributed by atoms with van der Waals surface area (Å²) in [5.74, 6) is 0. The van der Waals surface area contributed by atoms with Crippen molar-refractivity contribution in [1.82, 2.24) is 0 Å². The van der Waals surface area contributed by atoms with Crippen LogP contribution in [0.2, 0.25) is 0 Å². The highest BCUT2D eigenvalue weighted by Gasteiger charge is 1.97. The standard InChI is InChI=1S/C9H6N2/c10-6-9(7-11)5-8-3-1-2-4-8/h1-3,5H,4H2. The van der Waals surface area contributed by atoms with Crippen molar-refractivity contribution in [3.8, 4) is 12.1 Å². The number of rotatable bonds is 1. The van der Waals surface area contributed by atoms with Gasteiger partial charge in [0.25, 0.3) is 0 Å². The molecule has 0 heterocycles. The first-order valence-corrected chi connectivity index (χ1v) is 3.24.